The molecule has 2 fully saturated rings. The highest BCUT2D eigenvalue weighted by Gasteiger charge is 2.48. The molecule has 2 saturated heterocycles. The molecule has 2 bridgehead atoms. The second kappa shape index (κ2) is 6.12. The molecule has 4 atom stereocenters. The van der Waals surface area contributed by atoms with Crippen molar-refractivity contribution >= 4 is 11.8 Å². The van der Waals surface area contributed by atoms with Gasteiger partial charge < -0.3 is 10.6 Å². The first-order valence-electron chi connectivity index (χ1n) is 7.32. The van der Waals surface area contributed by atoms with Crippen LogP contribution >= 0.6 is 11.8 Å². The van der Waals surface area contributed by atoms with Crippen molar-refractivity contribution in [3.8, 4) is 0 Å². The first-order chi connectivity index (χ1) is 8.67. The zero-order valence-corrected chi connectivity index (χ0v) is 13.0. The van der Waals surface area contributed by atoms with Crippen LogP contribution in [-0.4, -0.2) is 66.6 Å². The van der Waals surface area contributed by atoms with Gasteiger partial charge in [-0.3, -0.25) is 4.90 Å². The van der Waals surface area contributed by atoms with Crippen molar-refractivity contribution in [2.75, 3.05) is 45.2 Å². The fraction of sp³-hybridized carbons (Fsp3) is 1.00. The van der Waals surface area contributed by atoms with Crippen molar-refractivity contribution in [2.24, 2.45) is 11.7 Å². The maximum absolute atomic E-state index is 6.25. The van der Waals surface area contributed by atoms with Gasteiger partial charge in [0.1, 0.15) is 0 Å². The molecule has 0 radical (unpaired) electrons. The average molecular weight is 271 g/mol. The van der Waals surface area contributed by atoms with Crippen LogP contribution in [0.5, 0.6) is 0 Å². The highest BCUT2D eigenvalue weighted by molar-refractivity contribution is 7.98. The van der Waals surface area contributed by atoms with E-state index < -0.39 is 0 Å². The smallest absolute Gasteiger partial charge is 0.0384 e. The van der Waals surface area contributed by atoms with E-state index in [2.05, 4.69) is 30.0 Å². The van der Waals surface area contributed by atoms with Crippen molar-refractivity contribution < 1.29 is 0 Å². The average Bonchev–Trinajstić information content (AvgIpc) is 2.80. The second-order valence-corrected chi connectivity index (χ2v) is 6.88. The van der Waals surface area contributed by atoms with Crippen LogP contribution in [0.3, 0.4) is 0 Å². The van der Waals surface area contributed by atoms with Gasteiger partial charge in [-0.25, -0.2) is 0 Å². The van der Waals surface area contributed by atoms with Gasteiger partial charge in [0.25, 0.3) is 0 Å². The van der Waals surface area contributed by atoms with Gasteiger partial charge in [0.15, 0.2) is 0 Å². The molecule has 2 aliphatic heterocycles. The predicted octanol–water partition coefficient (Wildman–Crippen LogP) is 1.48. The van der Waals surface area contributed by atoms with E-state index in [-0.39, 0.29) is 5.54 Å². The summed E-state index contributed by atoms with van der Waals surface area (Å²) >= 11 is 1.96. The van der Waals surface area contributed by atoms with E-state index >= 15 is 0 Å². The molecule has 4 unspecified atom stereocenters. The summed E-state index contributed by atoms with van der Waals surface area (Å²) in [4.78, 5) is 5.26. The number of hydrogen-bond acceptors (Lipinski definition) is 4. The quantitative estimate of drug-likeness (QED) is 0.793. The van der Waals surface area contributed by atoms with Gasteiger partial charge in [-0.2, -0.15) is 11.8 Å². The first-order valence-corrected chi connectivity index (χ1v) is 8.71. The lowest BCUT2D eigenvalue weighted by Gasteiger charge is -2.51. The third-order valence-electron chi connectivity index (χ3n) is 5.33. The molecule has 0 aromatic rings. The normalized spacial score (nSPS) is 37.2. The number of likely N-dealkylation sites (N-methyl/N-ethyl adjacent to an activating group) is 1. The molecular weight excluding hydrogens is 242 g/mol. The van der Waals surface area contributed by atoms with Gasteiger partial charge in [-0.05, 0) is 51.6 Å². The summed E-state index contributed by atoms with van der Waals surface area (Å²) in [7, 11) is 2.32. The second-order valence-electron chi connectivity index (χ2n) is 5.97. The number of fused-ring (bicyclic) bond motifs is 2. The Morgan fingerprint density at radius 3 is 2.89 bits per heavy atom. The highest BCUT2D eigenvalue weighted by atomic mass is 32.2. The summed E-state index contributed by atoms with van der Waals surface area (Å²) in [6.07, 6.45) is 6.05. The zero-order chi connectivity index (χ0) is 13.2. The Morgan fingerprint density at radius 2 is 2.28 bits per heavy atom. The summed E-state index contributed by atoms with van der Waals surface area (Å²) < 4.78 is 0. The van der Waals surface area contributed by atoms with Gasteiger partial charge in [0.2, 0.25) is 0 Å². The number of nitrogens with two attached hydrogens (primary N) is 1. The van der Waals surface area contributed by atoms with E-state index in [1.807, 2.05) is 11.8 Å². The van der Waals surface area contributed by atoms with Gasteiger partial charge in [-0.15, -0.1) is 0 Å². The van der Waals surface area contributed by atoms with E-state index in [9.17, 15) is 0 Å². The third-order valence-corrected chi connectivity index (χ3v) is 6.05. The molecule has 0 spiro atoms. The predicted molar refractivity (Wildman–Crippen MR) is 81.2 cm³/mol. The van der Waals surface area contributed by atoms with E-state index in [0.717, 1.165) is 12.5 Å². The largest absolute Gasteiger partial charge is 0.329 e. The molecule has 2 N–H and O–H groups in total. The zero-order valence-electron chi connectivity index (χ0n) is 12.2. The van der Waals surface area contributed by atoms with Crippen molar-refractivity contribution in [3.05, 3.63) is 0 Å². The number of thioether (sulfide) groups is 1. The molecule has 18 heavy (non-hydrogen) atoms. The Hall–Kier alpha value is 0.230. The molecule has 2 aliphatic rings. The number of nitrogens with zero attached hydrogens (tertiary/aromatic N) is 2. The van der Waals surface area contributed by atoms with Crippen LogP contribution in [0.4, 0.5) is 0 Å². The van der Waals surface area contributed by atoms with Gasteiger partial charge >= 0.3 is 0 Å². The maximum Gasteiger partial charge on any atom is 0.0384 e. The summed E-state index contributed by atoms with van der Waals surface area (Å²) in [6, 6.07) is 0.677. The third kappa shape index (κ3) is 2.45. The van der Waals surface area contributed by atoms with Gasteiger partial charge in [-0.1, -0.05) is 6.92 Å². The topological polar surface area (TPSA) is 32.5 Å². The Labute approximate surface area is 116 Å². The van der Waals surface area contributed by atoms with Crippen LogP contribution in [-0.2, 0) is 0 Å². The summed E-state index contributed by atoms with van der Waals surface area (Å²) in [5.74, 6) is 2.02. The number of rotatable bonds is 6. The molecule has 3 nitrogen and oxygen atoms in total. The Morgan fingerprint density at radius 1 is 1.50 bits per heavy atom. The minimum Gasteiger partial charge on any atom is -0.329 e. The number of hydrogen-bond donors (Lipinski definition) is 1. The van der Waals surface area contributed by atoms with Crippen LogP contribution < -0.4 is 5.73 Å². The van der Waals surface area contributed by atoms with E-state index in [1.54, 1.807) is 0 Å². The molecule has 0 aliphatic carbocycles. The molecule has 0 saturated carbocycles. The fourth-order valence-corrected chi connectivity index (χ4v) is 4.81. The molecule has 106 valence electrons. The molecular formula is C14H29N3S. The Bertz CT molecular complexity index is 274. The maximum atomic E-state index is 6.25. The van der Waals surface area contributed by atoms with E-state index in [1.165, 1.54) is 44.6 Å². The minimum absolute atomic E-state index is 0.267. The van der Waals surface area contributed by atoms with Crippen molar-refractivity contribution in [1.29, 1.82) is 0 Å². The van der Waals surface area contributed by atoms with Crippen LogP contribution in [0.1, 0.15) is 26.2 Å². The van der Waals surface area contributed by atoms with E-state index in [4.69, 9.17) is 5.73 Å². The minimum atomic E-state index is 0.267. The summed E-state index contributed by atoms with van der Waals surface area (Å²) in [6.45, 7) is 6.95. The SMILES string of the molecule is CCC(CSC)N(C)C1(CN)CCN2CCC1C2. The highest BCUT2D eigenvalue weighted by Crippen LogP contribution is 2.40. The monoisotopic (exact) mass is 271 g/mol. The van der Waals surface area contributed by atoms with Gasteiger partial charge in [0.05, 0.1) is 0 Å². The Kier molecular flexibility index (Phi) is 4.98. The number of piperidine rings is 1. The van der Waals surface area contributed by atoms with Gasteiger partial charge in [0, 0.05) is 30.4 Å². The van der Waals surface area contributed by atoms with Crippen molar-refractivity contribution in [3.63, 3.8) is 0 Å². The van der Waals surface area contributed by atoms with Crippen LogP contribution in [0.15, 0.2) is 0 Å². The fourth-order valence-electron chi connectivity index (χ4n) is 3.97. The molecule has 4 heteroatoms. The first kappa shape index (κ1) is 14.6. The lowest BCUT2D eigenvalue weighted by molar-refractivity contribution is 0.00260. The summed E-state index contributed by atoms with van der Waals surface area (Å²) in [5, 5.41) is 0. The van der Waals surface area contributed by atoms with Crippen molar-refractivity contribution in [1.82, 2.24) is 9.80 Å². The molecule has 0 aromatic heterocycles. The van der Waals surface area contributed by atoms with Crippen LogP contribution in [0.25, 0.3) is 0 Å². The molecule has 0 amide bonds. The molecule has 2 heterocycles. The molecule has 2 rings (SSSR count). The van der Waals surface area contributed by atoms with Crippen molar-refractivity contribution in [2.45, 2.75) is 37.8 Å². The standard InChI is InChI=1S/C14H29N3S/c1-4-13(10-18-3)16(2)14(11-15)6-8-17-7-5-12(14)9-17/h12-13H,4-11,15H2,1-3H3. The van der Waals surface area contributed by atoms with E-state index in [0.29, 0.717) is 6.04 Å². The van der Waals surface area contributed by atoms with Crippen LogP contribution in [0, 0.1) is 5.92 Å². The summed E-state index contributed by atoms with van der Waals surface area (Å²) in [5.41, 5.74) is 6.51. The lowest BCUT2D eigenvalue weighted by atomic mass is 9.76. The van der Waals surface area contributed by atoms with Crippen LogP contribution in [0.2, 0.25) is 0 Å². The Balaban J connectivity index is 2.15. The lowest BCUT2D eigenvalue weighted by Crippen LogP contribution is -2.63. The molecule has 0 aromatic carbocycles.